The van der Waals surface area contributed by atoms with Crippen molar-refractivity contribution in [3.8, 4) is 0 Å². The predicted molar refractivity (Wildman–Crippen MR) is 92.0 cm³/mol. The van der Waals surface area contributed by atoms with E-state index in [9.17, 15) is 4.79 Å². The average Bonchev–Trinajstić information content (AvgIpc) is 3.36. The van der Waals surface area contributed by atoms with Crippen LogP contribution in [-0.2, 0) is 0 Å². The van der Waals surface area contributed by atoms with Gasteiger partial charge in [0.05, 0.1) is 11.1 Å². The molecule has 1 unspecified atom stereocenters. The Hall–Kier alpha value is -1.65. The van der Waals surface area contributed by atoms with Gasteiger partial charge in [-0.25, -0.2) is 0 Å². The van der Waals surface area contributed by atoms with Gasteiger partial charge in [0.15, 0.2) is 0 Å². The Labute approximate surface area is 140 Å². The monoisotopic (exact) mass is 332 g/mol. The number of aromatic nitrogens is 1. The number of nitrogens with one attached hydrogen (secondary N) is 1. The molecule has 1 amide bonds. The number of amides is 1. The standard InChI is InChI=1S/C18H21ClN2O2/c1-11(3-2-8-22)20-18(23)15-10-17(12-4-5-12)21-16-7-6-13(19)9-14(15)16/h6-7,9-12,22H,2-5,8H2,1H3,(H,20,23). The van der Waals surface area contributed by atoms with Crippen LogP contribution < -0.4 is 5.32 Å². The fourth-order valence-corrected chi connectivity index (χ4v) is 2.94. The summed E-state index contributed by atoms with van der Waals surface area (Å²) in [6.07, 6.45) is 3.71. The molecule has 1 heterocycles. The maximum atomic E-state index is 12.7. The van der Waals surface area contributed by atoms with Gasteiger partial charge in [0.25, 0.3) is 5.91 Å². The third kappa shape index (κ3) is 3.82. The Morgan fingerprint density at radius 1 is 1.43 bits per heavy atom. The van der Waals surface area contributed by atoms with Crippen molar-refractivity contribution in [1.82, 2.24) is 10.3 Å². The highest BCUT2D eigenvalue weighted by Gasteiger charge is 2.27. The Bertz CT molecular complexity index is 728. The van der Waals surface area contributed by atoms with Crippen molar-refractivity contribution in [3.05, 3.63) is 40.5 Å². The fraction of sp³-hybridized carbons (Fsp3) is 0.444. The summed E-state index contributed by atoms with van der Waals surface area (Å²) in [6.45, 7) is 2.09. The quantitative estimate of drug-likeness (QED) is 0.848. The molecule has 1 aromatic carbocycles. The van der Waals surface area contributed by atoms with Crippen molar-refractivity contribution in [3.63, 3.8) is 0 Å². The molecule has 23 heavy (non-hydrogen) atoms. The zero-order valence-electron chi connectivity index (χ0n) is 13.2. The van der Waals surface area contributed by atoms with Gasteiger partial charge in [-0.2, -0.15) is 0 Å². The smallest absolute Gasteiger partial charge is 0.252 e. The number of carbonyl (C=O) groups excluding carboxylic acids is 1. The summed E-state index contributed by atoms with van der Waals surface area (Å²) in [5, 5.41) is 13.3. The van der Waals surface area contributed by atoms with Crippen molar-refractivity contribution in [2.45, 2.75) is 44.6 Å². The molecular formula is C18H21ClN2O2. The minimum Gasteiger partial charge on any atom is -0.396 e. The zero-order valence-corrected chi connectivity index (χ0v) is 13.9. The lowest BCUT2D eigenvalue weighted by Gasteiger charge is -2.15. The number of aliphatic hydroxyl groups excluding tert-OH is 1. The summed E-state index contributed by atoms with van der Waals surface area (Å²) in [6, 6.07) is 7.40. The molecule has 3 rings (SSSR count). The number of aliphatic hydroxyl groups is 1. The highest BCUT2D eigenvalue weighted by Crippen LogP contribution is 2.40. The molecule has 1 aromatic heterocycles. The van der Waals surface area contributed by atoms with E-state index >= 15 is 0 Å². The van der Waals surface area contributed by atoms with E-state index in [1.807, 2.05) is 19.1 Å². The molecule has 4 nitrogen and oxygen atoms in total. The molecule has 1 aliphatic carbocycles. The number of benzene rings is 1. The predicted octanol–water partition coefficient (Wildman–Crippen LogP) is 3.66. The maximum Gasteiger partial charge on any atom is 0.252 e. The second-order valence-electron chi connectivity index (χ2n) is 6.27. The molecule has 1 fully saturated rings. The maximum absolute atomic E-state index is 12.7. The molecule has 0 radical (unpaired) electrons. The largest absolute Gasteiger partial charge is 0.396 e. The first kappa shape index (κ1) is 16.2. The first-order chi connectivity index (χ1) is 11.1. The van der Waals surface area contributed by atoms with Crippen molar-refractivity contribution < 1.29 is 9.90 Å². The highest BCUT2D eigenvalue weighted by atomic mass is 35.5. The van der Waals surface area contributed by atoms with E-state index in [0.717, 1.165) is 35.9 Å². The van der Waals surface area contributed by atoms with Crippen molar-refractivity contribution in [2.75, 3.05) is 6.61 Å². The third-order valence-corrected chi connectivity index (χ3v) is 4.44. The van der Waals surface area contributed by atoms with E-state index in [4.69, 9.17) is 16.7 Å². The Morgan fingerprint density at radius 2 is 2.22 bits per heavy atom. The average molecular weight is 333 g/mol. The van der Waals surface area contributed by atoms with Crippen LogP contribution in [-0.4, -0.2) is 28.6 Å². The number of rotatable bonds is 6. The minimum absolute atomic E-state index is 0.0152. The SMILES string of the molecule is CC(CCCO)NC(=O)c1cc(C2CC2)nc2ccc(Cl)cc12. The lowest BCUT2D eigenvalue weighted by Crippen LogP contribution is -2.33. The van der Waals surface area contributed by atoms with E-state index in [2.05, 4.69) is 10.3 Å². The number of pyridine rings is 1. The van der Waals surface area contributed by atoms with Gasteiger partial charge in [-0.05, 0) is 56.9 Å². The summed E-state index contributed by atoms with van der Waals surface area (Å²) in [5.74, 6) is 0.375. The number of fused-ring (bicyclic) bond motifs is 1. The van der Waals surface area contributed by atoms with E-state index in [0.29, 0.717) is 22.9 Å². The van der Waals surface area contributed by atoms with Gasteiger partial charge in [-0.1, -0.05) is 11.6 Å². The number of nitrogens with zero attached hydrogens (tertiary/aromatic N) is 1. The van der Waals surface area contributed by atoms with Gasteiger partial charge in [0.1, 0.15) is 0 Å². The van der Waals surface area contributed by atoms with Crippen LogP contribution in [0.3, 0.4) is 0 Å². The summed E-state index contributed by atoms with van der Waals surface area (Å²) < 4.78 is 0. The van der Waals surface area contributed by atoms with Gasteiger partial charge in [0.2, 0.25) is 0 Å². The highest BCUT2D eigenvalue weighted by molar-refractivity contribution is 6.31. The number of hydrogen-bond donors (Lipinski definition) is 2. The number of carbonyl (C=O) groups is 1. The second kappa shape index (κ2) is 6.85. The number of halogens is 1. The van der Waals surface area contributed by atoms with Crippen LogP contribution in [0.2, 0.25) is 5.02 Å². The zero-order chi connectivity index (χ0) is 16.4. The van der Waals surface area contributed by atoms with Gasteiger partial charge in [-0.3, -0.25) is 9.78 Å². The van der Waals surface area contributed by atoms with Gasteiger partial charge in [0, 0.05) is 34.7 Å². The van der Waals surface area contributed by atoms with Gasteiger partial charge < -0.3 is 10.4 Å². The second-order valence-corrected chi connectivity index (χ2v) is 6.71. The topological polar surface area (TPSA) is 62.2 Å². The lowest BCUT2D eigenvalue weighted by atomic mass is 10.0. The molecule has 1 saturated carbocycles. The molecule has 1 aliphatic rings. The van der Waals surface area contributed by atoms with Crippen LogP contribution in [0, 0.1) is 0 Å². The van der Waals surface area contributed by atoms with Crippen LogP contribution >= 0.6 is 11.6 Å². The van der Waals surface area contributed by atoms with Crippen LogP contribution in [0.1, 0.15) is 54.6 Å². The van der Waals surface area contributed by atoms with Crippen molar-refractivity contribution in [2.24, 2.45) is 0 Å². The first-order valence-corrected chi connectivity index (χ1v) is 8.48. The Morgan fingerprint density at radius 3 is 2.91 bits per heavy atom. The summed E-state index contributed by atoms with van der Waals surface area (Å²) >= 11 is 6.10. The molecule has 0 bridgehead atoms. The van der Waals surface area contributed by atoms with E-state index in [1.165, 1.54) is 0 Å². The summed E-state index contributed by atoms with van der Waals surface area (Å²) in [5.41, 5.74) is 2.44. The molecule has 0 saturated heterocycles. The number of hydrogen-bond acceptors (Lipinski definition) is 3. The van der Waals surface area contributed by atoms with E-state index < -0.39 is 0 Å². The summed E-state index contributed by atoms with van der Waals surface area (Å²) in [7, 11) is 0. The minimum atomic E-state index is -0.105. The van der Waals surface area contributed by atoms with Gasteiger partial charge in [-0.15, -0.1) is 0 Å². The molecule has 5 heteroatoms. The molecule has 1 atom stereocenters. The molecule has 0 spiro atoms. The molecule has 2 aromatic rings. The van der Waals surface area contributed by atoms with Crippen LogP contribution in [0.4, 0.5) is 0 Å². The fourth-order valence-electron chi connectivity index (χ4n) is 2.77. The normalized spacial score (nSPS) is 15.6. The molecule has 0 aliphatic heterocycles. The van der Waals surface area contributed by atoms with Gasteiger partial charge >= 0.3 is 0 Å². The third-order valence-electron chi connectivity index (χ3n) is 4.20. The Balaban J connectivity index is 1.93. The molecule has 2 N–H and O–H groups in total. The Kier molecular flexibility index (Phi) is 4.83. The van der Waals surface area contributed by atoms with E-state index in [1.54, 1.807) is 12.1 Å². The molecule has 122 valence electrons. The lowest BCUT2D eigenvalue weighted by molar-refractivity contribution is 0.0938. The van der Waals surface area contributed by atoms with E-state index in [-0.39, 0.29) is 18.6 Å². The van der Waals surface area contributed by atoms with Crippen LogP contribution in [0.15, 0.2) is 24.3 Å². The van der Waals surface area contributed by atoms with Crippen molar-refractivity contribution >= 4 is 28.4 Å². The van der Waals surface area contributed by atoms with Crippen LogP contribution in [0.5, 0.6) is 0 Å². The summed E-state index contributed by atoms with van der Waals surface area (Å²) in [4.78, 5) is 17.4. The molecular weight excluding hydrogens is 312 g/mol. The van der Waals surface area contributed by atoms with Crippen LogP contribution in [0.25, 0.3) is 10.9 Å². The van der Waals surface area contributed by atoms with Crippen molar-refractivity contribution in [1.29, 1.82) is 0 Å². The first-order valence-electron chi connectivity index (χ1n) is 8.10.